The maximum Gasteiger partial charge on any atom is 0.252 e. The lowest BCUT2D eigenvalue weighted by Crippen LogP contribution is -2.25. The minimum absolute atomic E-state index is 0.0943. The van der Waals surface area contributed by atoms with Gasteiger partial charge in [-0.1, -0.05) is 13.8 Å². The maximum absolute atomic E-state index is 11.2. The van der Waals surface area contributed by atoms with Crippen molar-refractivity contribution in [2.24, 2.45) is 5.92 Å². The zero-order valence-electron chi connectivity index (χ0n) is 9.16. The summed E-state index contributed by atoms with van der Waals surface area (Å²) in [6.45, 7) is 6.96. The Morgan fingerprint density at radius 1 is 1.57 bits per heavy atom. The van der Waals surface area contributed by atoms with E-state index in [1.807, 2.05) is 11.9 Å². The summed E-state index contributed by atoms with van der Waals surface area (Å²) < 4.78 is 0. The molecule has 1 heterocycles. The average molecular weight is 195 g/mol. The van der Waals surface area contributed by atoms with Crippen molar-refractivity contribution in [2.75, 3.05) is 18.5 Å². The third-order valence-corrected chi connectivity index (χ3v) is 1.88. The number of rotatable bonds is 3. The first-order valence-electron chi connectivity index (χ1n) is 4.78. The molecule has 0 atom stereocenters. The molecule has 0 amide bonds. The topological polar surface area (TPSA) is 49.0 Å². The molecule has 14 heavy (non-hydrogen) atoms. The van der Waals surface area contributed by atoms with Gasteiger partial charge in [-0.2, -0.15) is 0 Å². The predicted molar refractivity (Wildman–Crippen MR) is 57.7 cm³/mol. The van der Waals surface area contributed by atoms with Gasteiger partial charge < -0.3 is 9.88 Å². The SMILES string of the molecule is Cc1nc(N(C)CC(C)C)cc(=O)[nH]1. The van der Waals surface area contributed by atoms with Crippen LogP contribution in [-0.2, 0) is 0 Å². The van der Waals surface area contributed by atoms with Crippen molar-refractivity contribution in [3.63, 3.8) is 0 Å². The largest absolute Gasteiger partial charge is 0.359 e. The molecular formula is C10H17N3O. The molecule has 0 unspecified atom stereocenters. The van der Waals surface area contributed by atoms with Gasteiger partial charge in [-0.05, 0) is 12.8 Å². The summed E-state index contributed by atoms with van der Waals surface area (Å²) in [5.41, 5.74) is -0.0943. The van der Waals surface area contributed by atoms with Crippen molar-refractivity contribution < 1.29 is 0 Å². The summed E-state index contributed by atoms with van der Waals surface area (Å²) in [6.07, 6.45) is 0. The first kappa shape index (κ1) is 10.8. The van der Waals surface area contributed by atoms with Gasteiger partial charge in [0.2, 0.25) is 0 Å². The second-order valence-electron chi connectivity index (χ2n) is 3.96. The highest BCUT2D eigenvalue weighted by atomic mass is 16.1. The van der Waals surface area contributed by atoms with Crippen LogP contribution in [-0.4, -0.2) is 23.6 Å². The lowest BCUT2D eigenvalue weighted by molar-refractivity contribution is 0.633. The Morgan fingerprint density at radius 2 is 2.21 bits per heavy atom. The summed E-state index contributed by atoms with van der Waals surface area (Å²) in [7, 11) is 1.95. The zero-order chi connectivity index (χ0) is 10.7. The molecule has 4 nitrogen and oxygen atoms in total. The highest BCUT2D eigenvalue weighted by Gasteiger charge is 2.05. The van der Waals surface area contributed by atoms with Crippen molar-refractivity contribution in [2.45, 2.75) is 20.8 Å². The van der Waals surface area contributed by atoms with Crippen molar-refractivity contribution in [3.8, 4) is 0 Å². The fourth-order valence-electron chi connectivity index (χ4n) is 1.40. The molecule has 1 N–H and O–H groups in total. The Bertz CT molecular complexity index is 357. The van der Waals surface area contributed by atoms with E-state index in [1.165, 1.54) is 6.07 Å². The van der Waals surface area contributed by atoms with E-state index in [0.29, 0.717) is 11.7 Å². The number of aromatic nitrogens is 2. The van der Waals surface area contributed by atoms with Gasteiger partial charge in [0.15, 0.2) is 0 Å². The third-order valence-electron chi connectivity index (χ3n) is 1.88. The standard InChI is InChI=1S/C10H17N3O/c1-7(2)6-13(4)9-5-10(14)12-8(3)11-9/h5,7H,6H2,1-4H3,(H,11,12,14). The molecule has 0 bridgehead atoms. The summed E-state index contributed by atoms with van der Waals surface area (Å²) in [5.74, 6) is 1.95. The number of hydrogen-bond acceptors (Lipinski definition) is 3. The van der Waals surface area contributed by atoms with Crippen LogP contribution in [0.1, 0.15) is 19.7 Å². The van der Waals surface area contributed by atoms with Gasteiger partial charge in [-0.15, -0.1) is 0 Å². The Morgan fingerprint density at radius 3 is 2.71 bits per heavy atom. The predicted octanol–water partition coefficient (Wildman–Crippen LogP) is 1.17. The first-order chi connectivity index (χ1) is 6.49. The lowest BCUT2D eigenvalue weighted by atomic mass is 10.2. The highest BCUT2D eigenvalue weighted by molar-refractivity contribution is 5.35. The van der Waals surface area contributed by atoms with Crippen LogP contribution in [0.25, 0.3) is 0 Å². The fraction of sp³-hybridized carbons (Fsp3) is 0.600. The van der Waals surface area contributed by atoms with Crippen LogP contribution in [0.15, 0.2) is 10.9 Å². The van der Waals surface area contributed by atoms with Gasteiger partial charge in [-0.3, -0.25) is 4.79 Å². The summed E-state index contributed by atoms with van der Waals surface area (Å²) >= 11 is 0. The van der Waals surface area contributed by atoms with Crippen molar-refractivity contribution >= 4 is 5.82 Å². The van der Waals surface area contributed by atoms with Crippen LogP contribution >= 0.6 is 0 Å². The van der Waals surface area contributed by atoms with Crippen LogP contribution < -0.4 is 10.5 Å². The molecule has 1 rings (SSSR count). The van der Waals surface area contributed by atoms with Crippen molar-refractivity contribution in [1.29, 1.82) is 0 Å². The van der Waals surface area contributed by atoms with Gasteiger partial charge in [0.1, 0.15) is 11.6 Å². The van der Waals surface area contributed by atoms with E-state index in [9.17, 15) is 4.79 Å². The highest BCUT2D eigenvalue weighted by Crippen LogP contribution is 2.07. The maximum atomic E-state index is 11.2. The first-order valence-corrected chi connectivity index (χ1v) is 4.78. The van der Waals surface area contributed by atoms with Gasteiger partial charge >= 0.3 is 0 Å². The third kappa shape index (κ3) is 2.87. The molecule has 0 aliphatic rings. The number of H-pyrrole nitrogens is 1. The van der Waals surface area contributed by atoms with E-state index in [1.54, 1.807) is 6.92 Å². The number of anilines is 1. The van der Waals surface area contributed by atoms with Crippen LogP contribution in [0.5, 0.6) is 0 Å². The molecule has 0 spiro atoms. The van der Waals surface area contributed by atoms with Crippen LogP contribution in [0, 0.1) is 12.8 Å². The molecular weight excluding hydrogens is 178 g/mol. The molecule has 0 aromatic carbocycles. The quantitative estimate of drug-likeness (QED) is 0.787. The zero-order valence-corrected chi connectivity index (χ0v) is 9.16. The monoisotopic (exact) mass is 195 g/mol. The average Bonchev–Trinajstić information content (AvgIpc) is 2.00. The van der Waals surface area contributed by atoms with E-state index in [2.05, 4.69) is 23.8 Å². The molecule has 0 fully saturated rings. The smallest absolute Gasteiger partial charge is 0.252 e. The van der Waals surface area contributed by atoms with Gasteiger partial charge in [0.25, 0.3) is 5.56 Å². The molecule has 0 aliphatic carbocycles. The van der Waals surface area contributed by atoms with E-state index in [0.717, 1.165) is 12.4 Å². The summed E-state index contributed by atoms with van der Waals surface area (Å²) in [5, 5.41) is 0. The van der Waals surface area contributed by atoms with Crippen LogP contribution in [0.4, 0.5) is 5.82 Å². The fourth-order valence-corrected chi connectivity index (χ4v) is 1.40. The second kappa shape index (κ2) is 4.26. The lowest BCUT2D eigenvalue weighted by Gasteiger charge is -2.20. The summed E-state index contributed by atoms with van der Waals surface area (Å²) in [4.78, 5) is 20.1. The van der Waals surface area contributed by atoms with Crippen molar-refractivity contribution in [1.82, 2.24) is 9.97 Å². The normalized spacial score (nSPS) is 10.6. The number of nitrogens with zero attached hydrogens (tertiary/aromatic N) is 2. The molecule has 0 aliphatic heterocycles. The second-order valence-corrected chi connectivity index (χ2v) is 3.96. The van der Waals surface area contributed by atoms with E-state index in [4.69, 9.17) is 0 Å². The molecule has 0 radical (unpaired) electrons. The Kier molecular flexibility index (Phi) is 3.28. The number of aromatic amines is 1. The van der Waals surface area contributed by atoms with E-state index in [-0.39, 0.29) is 5.56 Å². The number of hydrogen-bond donors (Lipinski definition) is 1. The molecule has 0 saturated heterocycles. The Hall–Kier alpha value is -1.32. The minimum Gasteiger partial charge on any atom is -0.359 e. The molecule has 78 valence electrons. The van der Waals surface area contributed by atoms with Crippen LogP contribution in [0.2, 0.25) is 0 Å². The Labute approximate surface area is 84.0 Å². The van der Waals surface area contributed by atoms with E-state index >= 15 is 0 Å². The molecule has 0 saturated carbocycles. The number of aryl methyl sites for hydroxylation is 1. The van der Waals surface area contributed by atoms with Crippen molar-refractivity contribution in [3.05, 3.63) is 22.2 Å². The van der Waals surface area contributed by atoms with Gasteiger partial charge in [0, 0.05) is 19.7 Å². The number of nitrogens with one attached hydrogen (secondary N) is 1. The van der Waals surface area contributed by atoms with Gasteiger partial charge in [0.05, 0.1) is 0 Å². The molecule has 1 aromatic heterocycles. The van der Waals surface area contributed by atoms with Gasteiger partial charge in [-0.25, -0.2) is 4.98 Å². The minimum atomic E-state index is -0.0943. The van der Waals surface area contributed by atoms with E-state index < -0.39 is 0 Å². The summed E-state index contributed by atoms with van der Waals surface area (Å²) in [6, 6.07) is 1.52. The molecule has 1 aromatic rings. The Balaban J connectivity index is 2.89. The molecule has 4 heteroatoms. The van der Waals surface area contributed by atoms with Crippen LogP contribution in [0.3, 0.4) is 0 Å².